The summed E-state index contributed by atoms with van der Waals surface area (Å²) >= 11 is -1.39. The summed E-state index contributed by atoms with van der Waals surface area (Å²) in [6.45, 7) is 4.76. The topological polar surface area (TPSA) is 101 Å². The van der Waals surface area contributed by atoms with Crippen LogP contribution < -0.4 is 0 Å². The van der Waals surface area contributed by atoms with E-state index in [4.69, 9.17) is 0 Å². The van der Waals surface area contributed by atoms with Gasteiger partial charge in [0.1, 0.15) is 5.75 Å². The Labute approximate surface area is 114 Å². The highest BCUT2D eigenvalue weighted by Crippen LogP contribution is 2.47. The smallest absolute Gasteiger partial charge is 0.357 e. The summed E-state index contributed by atoms with van der Waals surface area (Å²) in [6.07, 6.45) is 0.266. The van der Waals surface area contributed by atoms with Gasteiger partial charge in [0.15, 0.2) is 10.6 Å². The molecule has 1 unspecified atom stereocenters. The monoisotopic (exact) mass is 287 g/mol. The van der Waals surface area contributed by atoms with E-state index in [0.717, 1.165) is 0 Å². The van der Waals surface area contributed by atoms with Crippen molar-refractivity contribution in [1.82, 2.24) is 4.90 Å². The number of carboxylic acids is 1. The molecule has 2 N–H and O–H groups in total. The van der Waals surface area contributed by atoms with Crippen LogP contribution in [0.25, 0.3) is 0 Å². The van der Waals surface area contributed by atoms with Crippen molar-refractivity contribution < 1.29 is 24.4 Å². The van der Waals surface area contributed by atoms with E-state index < -0.39 is 34.6 Å². The van der Waals surface area contributed by atoms with Crippen LogP contribution >= 0.6 is 0 Å². The third-order valence-electron chi connectivity index (χ3n) is 3.62. The summed E-state index contributed by atoms with van der Waals surface area (Å²) in [4.78, 5) is 24.8. The fourth-order valence-corrected chi connectivity index (χ4v) is 3.93. The van der Waals surface area contributed by atoms with Crippen LogP contribution in [0.3, 0.4) is 0 Å². The lowest BCUT2D eigenvalue weighted by atomic mass is 9.76. The number of carboxylic acid groups (broad SMARTS) is 1. The molecule has 0 bridgehead atoms. The van der Waals surface area contributed by atoms with Crippen LogP contribution in [0.5, 0.6) is 0 Å². The van der Waals surface area contributed by atoms with Gasteiger partial charge in [0.05, 0.1) is 17.6 Å². The first-order valence-electron chi connectivity index (χ1n) is 6.10. The van der Waals surface area contributed by atoms with Crippen molar-refractivity contribution in [3.63, 3.8) is 0 Å². The molecule has 19 heavy (non-hydrogen) atoms. The van der Waals surface area contributed by atoms with Crippen molar-refractivity contribution >= 4 is 23.1 Å². The van der Waals surface area contributed by atoms with Gasteiger partial charge >= 0.3 is 5.97 Å². The van der Waals surface area contributed by atoms with E-state index in [0.29, 0.717) is 10.7 Å². The lowest BCUT2D eigenvalue weighted by Gasteiger charge is -2.47. The largest absolute Gasteiger partial charge is 0.612 e. The molecular formula is C12H17NO5S. The summed E-state index contributed by atoms with van der Waals surface area (Å²) in [7, 11) is 0. The lowest BCUT2D eigenvalue weighted by Crippen LogP contribution is -2.65. The maximum atomic E-state index is 12.0. The van der Waals surface area contributed by atoms with Crippen LogP contribution in [-0.4, -0.2) is 48.9 Å². The number of β-lactam (4-membered cyclic amide) rings is 1. The zero-order valence-electron chi connectivity index (χ0n) is 11.0. The zero-order chi connectivity index (χ0) is 14.5. The number of hydrogen-bond donors (Lipinski definition) is 2. The SMILES string of the molecule is CC[S+]([O-])C1=C(C(=O)O)N2C(=O)[C@H](C(C)(C)O)[C@@H]2C1. The molecular weight excluding hydrogens is 270 g/mol. The van der Waals surface area contributed by atoms with Gasteiger partial charge in [0.2, 0.25) is 5.91 Å². The number of carbonyl (C=O) groups excluding carboxylic acids is 1. The molecule has 2 aliphatic rings. The number of aliphatic hydroxyl groups is 1. The third kappa shape index (κ3) is 2.05. The second-order valence-corrected chi connectivity index (χ2v) is 7.08. The van der Waals surface area contributed by atoms with Crippen LogP contribution in [0.1, 0.15) is 27.2 Å². The minimum Gasteiger partial charge on any atom is -0.612 e. The van der Waals surface area contributed by atoms with Gasteiger partial charge in [0, 0.05) is 6.42 Å². The van der Waals surface area contributed by atoms with Gasteiger partial charge in [-0.05, 0) is 31.9 Å². The van der Waals surface area contributed by atoms with Crippen molar-refractivity contribution in [3.8, 4) is 0 Å². The molecule has 2 heterocycles. The Morgan fingerprint density at radius 1 is 1.58 bits per heavy atom. The molecule has 6 nitrogen and oxygen atoms in total. The molecule has 3 atom stereocenters. The average Bonchev–Trinajstić information content (AvgIpc) is 2.60. The van der Waals surface area contributed by atoms with E-state index in [9.17, 15) is 24.4 Å². The second-order valence-electron chi connectivity index (χ2n) is 5.32. The Morgan fingerprint density at radius 2 is 2.16 bits per heavy atom. The number of aliphatic carboxylic acids is 1. The van der Waals surface area contributed by atoms with Crippen LogP contribution in [0.15, 0.2) is 10.6 Å². The number of nitrogens with zero attached hydrogens (tertiary/aromatic N) is 1. The normalized spacial score (nSPS) is 28.3. The highest BCUT2D eigenvalue weighted by atomic mass is 32.2. The van der Waals surface area contributed by atoms with E-state index in [1.807, 2.05) is 0 Å². The first-order valence-corrected chi connectivity index (χ1v) is 7.42. The van der Waals surface area contributed by atoms with Crippen LogP contribution in [0.4, 0.5) is 0 Å². The van der Waals surface area contributed by atoms with Crippen molar-refractivity contribution in [2.24, 2.45) is 5.92 Å². The minimum absolute atomic E-state index is 0.157. The molecule has 0 aromatic rings. The summed E-state index contributed by atoms with van der Waals surface area (Å²) in [5, 5.41) is 19.2. The molecule has 0 aromatic heterocycles. The van der Waals surface area contributed by atoms with Crippen LogP contribution in [-0.2, 0) is 20.8 Å². The van der Waals surface area contributed by atoms with E-state index in [-0.39, 0.29) is 18.2 Å². The summed E-state index contributed by atoms with van der Waals surface area (Å²) in [5.41, 5.74) is -1.36. The molecule has 1 saturated heterocycles. The highest BCUT2D eigenvalue weighted by molar-refractivity contribution is 7.95. The van der Waals surface area contributed by atoms with Gasteiger partial charge in [-0.25, -0.2) is 4.79 Å². The molecule has 106 valence electrons. The van der Waals surface area contributed by atoms with Gasteiger partial charge in [-0.2, -0.15) is 0 Å². The summed E-state index contributed by atoms with van der Waals surface area (Å²) in [5.74, 6) is -1.96. The van der Waals surface area contributed by atoms with Crippen molar-refractivity contribution in [1.29, 1.82) is 0 Å². The van der Waals surface area contributed by atoms with Gasteiger partial charge in [-0.15, -0.1) is 0 Å². The predicted octanol–water partition coefficient (Wildman–Crippen LogP) is 0.0528. The average molecular weight is 287 g/mol. The van der Waals surface area contributed by atoms with E-state index in [1.54, 1.807) is 6.92 Å². The number of hydrogen-bond acceptors (Lipinski definition) is 4. The van der Waals surface area contributed by atoms with Crippen molar-refractivity contribution in [3.05, 3.63) is 10.6 Å². The fourth-order valence-electron chi connectivity index (χ4n) is 2.82. The number of rotatable bonds is 4. The van der Waals surface area contributed by atoms with Crippen molar-refractivity contribution in [2.45, 2.75) is 38.8 Å². The first kappa shape index (κ1) is 14.4. The van der Waals surface area contributed by atoms with E-state index >= 15 is 0 Å². The number of fused-ring (bicyclic) bond motifs is 1. The second kappa shape index (κ2) is 4.50. The maximum Gasteiger partial charge on any atom is 0.357 e. The quantitative estimate of drug-likeness (QED) is 0.562. The molecule has 0 spiro atoms. The van der Waals surface area contributed by atoms with Crippen LogP contribution in [0, 0.1) is 5.92 Å². The predicted molar refractivity (Wildman–Crippen MR) is 68.4 cm³/mol. The van der Waals surface area contributed by atoms with E-state index in [1.165, 1.54) is 18.7 Å². The third-order valence-corrected chi connectivity index (χ3v) is 5.05. The highest BCUT2D eigenvalue weighted by Gasteiger charge is 2.61. The molecule has 0 radical (unpaired) electrons. The molecule has 1 fully saturated rings. The van der Waals surface area contributed by atoms with Gasteiger partial charge in [-0.1, -0.05) is 0 Å². The molecule has 0 aliphatic carbocycles. The molecule has 1 amide bonds. The standard InChI is InChI=1S/C12H17NO5S/c1-4-19(18)7-5-6-8(12(2,3)17)10(14)13(6)9(7)11(15)16/h6,8,17H,4-5H2,1-3H3,(H,15,16)/t6-,8+,19?/m0/s1. The Morgan fingerprint density at radius 3 is 2.58 bits per heavy atom. The first-order chi connectivity index (χ1) is 8.70. The molecule has 7 heteroatoms. The van der Waals surface area contributed by atoms with Gasteiger partial charge < -0.3 is 14.8 Å². The zero-order valence-corrected chi connectivity index (χ0v) is 11.9. The Balaban J connectivity index is 2.35. The number of amides is 1. The fraction of sp³-hybridized carbons (Fsp3) is 0.667. The molecule has 0 aromatic carbocycles. The van der Waals surface area contributed by atoms with Gasteiger partial charge in [-0.3, -0.25) is 9.69 Å². The maximum absolute atomic E-state index is 12.0. The molecule has 2 rings (SSSR count). The Bertz CT molecular complexity index is 467. The van der Waals surface area contributed by atoms with Crippen LogP contribution in [0.2, 0.25) is 0 Å². The summed E-state index contributed by atoms with van der Waals surface area (Å²) in [6, 6.07) is -0.385. The Kier molecular flexibility index (Phi) is 3.40. The Hall–Kier alpha value is -1.05. The lowest BCUT2D eigenvalue weighted by molar-refractivity contribution is -0.169. The van der Waals surface area contributed by atoms with E-state index in [2.05, 4.69) is 0 Å². The number of carbonyl (C=O) groups is 2. The van der Waals surface area contributed by atoms with Gasteiger partial charge in [0.25, 0.3) is 0 Å². The van der Waals surface area contributed by atoms with Crippen molar-refractivity contribution in [2.75, 3.05) is 5.75 Å². The molecule has 0 saturated carbocycles. The minimum atomic E-state index is -1.39. The summed E-state index contributed by atoms with van der Waals surface area (Å²) < 4.78 is 11.9. The molecule has 2 aliphatic heterocycles.